The number of rotatable bonds is 3. The van der Waals surface area contributed by atoms with Crippen LogP contribution in [0.15, 0.2) is 30.3 Å². The molecule has 2 unspecified atom stereocenters. The van der Waals surface area contributed by atoms with Crippen molar-refractivity contribution < 1.29 is 0 Å². The van der Waals surface area contributed by atoms with E-state index in [1.54, 1.807) is 0 Å². The summed E-state index contributed by atoms with van der Waals surface area (Å²) in [6, 6.07) is 10.7. The number of benzene rings is 1. The second-order valence-corrected chi connectivity index (χ2v) is 7.99. The number of para-hydroxylation sites is 1. The number of hydrogen-bond donors (Lipinski definition) is 1. The first-order valence-electron chi connectivity index (χ1n) is 7.94. The number of anilines is 1. The van der Waals surface area contributed by atoms with Crippen molar-refractivity contribution in [3.8, 4) is 0 Å². The summed E-state index contributed by atoms with van der Waals surface area (Å²) in [4.78, 5) is 0. The first-order chi connectivity index (χ1) is 9.15. The van der Waals surface area contributed by atoms with Crippen LogP contribution in [-0.4, -0.2) is 6.54 Å². The van der Waals surface area contributed by atoms with Crippen LogP contribution in [0.3, 0.4) is 0 Å². The third-order valence-electron chi connectivity index (χ3n) is 5.92. The lowest BCUT2D eigenvalue weighted by Crippen LogP contribution is -2.53. The van der Waals surface area contributed by atoms with Crippen LogP contribution in [0.5, 0.6) is 0 Å². The molecule has 0 saturated heterocycles. The fraction of sp³-hybridized carbons (Fsp3) is 0.667. The van der Waals surface area contributed by atoms with Gasteiger partial charge in [-0.1, -0.05) is 25.1 Å². The van der Waals surface area contributed by atoms with Crippen LogP contribution in [0.25, 0.3) is 0 Å². The van der Waals surface area contributed by atoms with E-state index in [-0.39, 0.29) is 0 Å². The molecule has 1 nitrogen and oxygen atoms in total. The van der Waals surface area contributed by atoms with Gasteiger partial charge in [0.1, 0.15) is 0 Å². The van der Waals surface area contributed by atoms with E-state index < -0.39 is 0 Å². The van der Waals surface area contributed by atoms with E-state index in [0.717, 1.165) is 11.8 Å². The summed E-state index contributed by atoms with van der Waals surface area (Å²) < 4.78 is 0. The summed E-state index contributed by atoms with van der Waals surface area (Å²) in [6.07, 6.45) is 8.99. The van der Waals surface area contributed by atoms with Gasteiger partial charge >= 0.3 is 0 Å². The Morgan fingerprint density at radius 2 is 1.74 bits per heavy atom. The van der Waals surface area contributed by atoms with E-state index in [4.69, 9.17) is 0 Å². The third kappa shape index (κ3) is 2.07. The second kappa shape index (κ2) is 4.01. The van der Waals surface area contributed by atoms with Gasteiger partial charge in [-0.05, 0) is 73.3 Å². The minimum absolute atomic E-state index is 0.606. The Balaban J connectivity index is 1.51. The first kappa shape index (κ1) is 11.8. The van der Waals surface area contributed by atoms with E-state index in [1.807, 2.05) is 0 Å². The lowest BCUT2D eigenvalue weighted by molar-refractivity contribution is -0.0945. The van der Waals surface area contributed by atoms with Gasteiger partial charge in [-0.3, -0.25) is 0 Å². The Morgan fingerprint density at radius 1 is 1.05 bits per heavy atom. The standard InChI is InChI=1S/C18H25N/c1-17-8-14-7-15(9-17)11-18(10-14,12-17)13-19-16-5-3-2-4-6-16/h2-6,14-15,19H,7-13H2,1H3. The molecule has 19 heavy (non-hydrogen) atoms. The topological polar surface area (TPSA) is 12.0 Å². The van der Waals surface area contributed by atoms with Crippen molar-refractivity contribution in [1.82, 2.24) is 0 Å². The van der Waals surface area contributed by atoms with Crippen LogP contribution in [0.1, 0.15) is 45.4 Å². The summed E-state index contributed by atoms with van der Waals surface area (Å²) in [5, 5.41) is 3.72. The molecule has 5 rings (SSSR count). The molecule has 1 aromatic carbocycles. The smallest absolute Gasteiger partial charge is 0.0340 e. The minimum atomic E-state index is 0.606. The highest BCUT2D eigenvalue weighted by atomic mass is 14.9. The quantitative estimate of drug-likeness (QED) is 0.825. The maximum absolute atomic E-state index is 3.72. The molecule has 1 N–H and O–H groups in total. The van der Waals surface area contributed by atoms with Gasteiger partial charge in [0, 0.05) is 12.2 Å². The normalized spacial score (nSPS) is 43.4. The molecule has 0 radical (unpaired) electrons. The molecule has 4 fully saturated rings. The molecule has 0 spiro atoms. The zero-order chi connectivity index (χ0) is 12.9. The molecule has 1 heteroatoms. The fourth-order valence-corrected chi connectivity index (χ4v) is 5.98. The molecular formula is C18H25N. The van der Waals surface area contributed by atoms with E-state index in [0.29, 0.717) is 10.8 Å². The summed E-state index contributed by atoms with van der Waals surface area (Å²) in [5.74, 6) is 2.06. The van der Waals surface area contributed by atoms with Gasteiger partial charge < -0.3 is 5.32 Å². The molecule has 0 amide bonds. The molecular weight excluding hydrogens is 230 g/mol. The molecule has 0 aliphatic heterocycles. The van der Waals surface area contributed by atoms with Gasteiger partial charge in [-0.25, -0.2) is 0 Å². The average molecular weight is 255 g/mol. The molecule has 1 aromatic rings. The minimum Gasteiger partial charge on any atom is -0.384 e. The molecule has 4 aliphatic carbocycles. The van der Waals surface area contributed by atoms with Crippen LogP contribution in [0.4, 0.5) is 5.69 Å². The maximum atomic E-state index is 3.72. The highest BCUT2D eigenvalue weighted by Gasteiger charge is 2.55. The van der Waals surface area contributed by atoms with Gasteiger partial charge in [0.15, 0.2) is 0 Å². The molecule has 4 bridgehead atoms. The van der Waals surface area contributed by atoms with Crippen molar-refractivity contribution >= 4 is 5.69 Å². The highest BCUT2D eigenvalue weighted by molar-refractivity contribution is 5.42. The van der Waals surface area contributed by atoms with Crippen molar-refractivity contribution in [2.45, 2.75) is 45.4 Å². The largest absolute Gasteiger partial charge is 0.384 e. The zero-order valence-electron chi connectivity index (χ0n) is 12.0. The number of nitrogens with one attached hydrogen (secondary N) is 1. The van der Waals surface area contributed by atoms with Gasteiger partial charge in [-0.15, -0.1) is 0 Å². The van der Waals surface area contributed by atoms with Gasteiger partial charge in [0.25, 0.3) is 0 Å². The van der Waals surface area contributed by atoms with Gasteiger partial charge in [-0.2, -0.15) is 0 Å². The van der Waals surface area contributed by atoms with Crippen LogP contribution in [0.2, 0.25) is 0 Å². The maximum Gasteiger partial charge on any atom is 0.0340 e. The summed E-state index contributed by atoms with van der Waals surface area (Å²) in [5.41, 5.74) is 2.57. The second-order valence-electron chi connectivity index (χ2n) is 7.99. The monoisotopic (exact) mass is 255 g/mol. The lowest BCUT2D eigenvalue weighted by Gasteiger charge is -2.61. The average Bonchev–Trinajstić information content (AvgIpc) is 2.35. The molecule has 4 aliphatic rings. The van der Waals surface area contributed by atoms with Crippen LogP contribution >= 0.6 is 0 Å². The molecule has 102 valence electrons. The van der Waals surface area contributed by atoms with E-state index in [9.17, 15) is 0 Å². The van der Waals surface area contributed by atoms with E-state index in [1.165, 1.54) is 50.8 Å². The predicted molar refractivity (Wildman–Crippen MR) is 80.2 cm³/mol. The summed E-state index contributed by atoms with van der Waals surface area (Å²) in [7, 11) is 0. The molecule has 0 heterocycles. The van der Waals surface area contributed by atoms with Crippen molar-refractivity contribution in [2.75, 3.05) is 11.9 Å². The van der Waals surface area contributed by atoms with Crippen LogP contribution < -0.4 is 5.32 Å². The van der Waals surface area contributed by atoms with Gasteiger partial charge in [0.2, 0.25) is 0 Å². The molecule has 2 atom stereocenters. The Morgan fingerprint density at radius 3 is 2.37 bits per heavy atom. The van der Waals surface area contributed by atoms with Crippen molar-refractivity contribution in [1.29, 1.82) is 0 Å². The van der Waals surface area contributed by atoms with Gasteiger partial charge in [0.05, 0.1) is 0 Å². The Hall–Kier alpha value is -0.980. The Kier molecular flexibility index (Phi) is 2.49. The van der Waals surface area contributed by atoms with Crippen molar-refractivity contribution in [3.63, 3.8) is 0 Å². The summed E-state index contributed by atoms with van der Waals surface area (Å²) in [6.45, 7) is 3.75. The first-order valence-corrected chi connectivity index (χ1v) is 7.94. The zero-order valence-corrected chi connectivity index (χ0v) is 12.0. The summed E-state index contributed by atoms with van der Waals surface area (Å²) >= 11 is 0. The Labute approximate surface area is 116 Å². The van der Waals surface area contributed by atoms with E-state index >= 15 is 0 Å². The predicted octanol–water partition coefficient (Wildman–Crippen LogP) is 4.71. The third-order valence-corrected chi connectivity index (χ3v) is 5.92. The highest BCUT2D eigenvalue weighted by Crippen LogP contribution is 2.64. The lowest BCUT2D eigenvalue weighted by atomic mass is 9.44. The van der Waals surface area contributed by atoms with Crippen LogP contribution in [0, 0.1) is 22.7 Å². The molecule has 0 aromatic heterocycles. The fourth-order valence-electron chi connectivity index (χ4n) is 5.98. The van der Waals surface area contributed by atoms with E-state index in [2.05, 4.69) is 42.6 Å². The van der Waals surface area contributed by atoms with Crippen molar-refractivity contribution in [3.05, 3.63) is 30.3 Å². The van der Waals surface area contributed by atoms with Crippen LogP contribution in [-0.2, 0) is 0 Å². The Bertz CT molecular complexity index is 450. The molecule has 4 saturated carbocycles. The SMILES string of the molecule is CC12CC3CC(C1)CC(CNc1ccccc1)(C3)C2. The number of hydrogen-bond acceptors (Lipinski definition) is 1. The van der Waals surface area contributed by atoms with Crippen molar-refractivity contribution in [2.24, 2.45) is 22.7 Å².